The van der Waals surface area contributed by atoms with E-state index >= 15 is 0 Å². The van der Waals surface area contributed by atoms with E-state index in [1.54, 1.807) is 33.5 Å². The molecular formula is C18H27N3O4S. The van der Waals surface area contributed by atoms with Crippen LogP contribution in [0.3, 0.4) is 0 Å². The number of ether oxygens (including phenoxy) is 1. The molecule has 1 aromatic rings. The monoisotopic (exact) mass is 381 g/mol. The average molecular weight is 381 g/mol. The molecular weight excluding hydrogens is 354 g/mol. The number of nitrogens with one attached hydrogen (secondary N) is 1. The number of nitrogens with zero attached hydrogens (tertiary/aromatic N) is 2. The molecule has 2 heterocycles. The molecule has 1 amide bonds. The van der Waals surface area contributed by atoms with E-state index in [2.05, 4.69) is 5.32 Å². The number of morpholine rings is 1. The van der Waals surface area contributed by atoms with Gasteiger partial charge in [-0.2, -0.15) is 4.31 Å². The number of amides is 1. The highest BCUT2D eigenvalue weighted by Crippen LogP contribution is 2.22. The van der Waals surface area contributed by atoms with E-state index < -0.39 is 10.0 Å². The van der Waals surface area contributed by atoms with Gasteiger partial charge in [-0.05, 0) is 38.0 Å². The molecule has 0 aromatic heterocycles. The third kappa shape index (κ3) is 4.55. The predicted molar refractivity (Wildman–Crippen MR) is 99.5 cm³/mol. The lowest BCUT2D eigenvalue weighted by Crippen LogP contribution is -2.46. The number of rotatable bonds is 5. The van der Waals surface area contributed by atoms with Crippen LogP contribution >= 0.6 is 0 Å². The minimum absolute atomic E-state index is 0.00978. The van der Waals surface area contributed by atoms with Gasteiger partial charge in [0.15, 0.2) is 0 Å². The average Bonchev–Trinajstić information content (AvgIpc) is 2.67. The second-order valence-electron chi connectivity index (χ2n) is 6.87. The first kappa shape index (κ1) is 19.1. The van der Waals surface area contributed by atoms with Crippen LogP contribution < -0.4 is 5.32 Å². The highest BCUT2D eigenvalue weighted by molar-refractivity contribution is 7.89. The zero-order chi connectivity index (χ0) is 18.6. The summed E-state index contributed by atoms with van der Waals surface area (Å²) in [6, 6.07) is 6.71. The highest BCUT2D eigenvalue weighted by Gasteiger charge is 2.26. The van der Waals surface area contributed by atoms with Crippen LogP contribution in [0.1, 0.15) is 26.2 Å². The minimum atomic E-state index is -3.47. The van der Waals surface area contributed by atoms with Gasteiger partial charge in [0.25, 0.3) is 0 Å². The van der Waals surface area contributed by atoms with E-state index in [9.17, 15) is 13.2 Å². The largest absolute Gasteiger partial charge is 0.376 e. The Hall–Kier alpha value is -1.64. The summed E-state index contributed by atoms with van der Waals surface area (Å²) >= 11 is 0. The lowest BCUT2D eigenvalue weighted by atomic mass is 10.2. The molecule has 144 valence electrons. The van der Waals surface area contributed by atoms with Crippen LogP contribution in [0.2, 0.25) is 0 Å². The number of carbonyl (C=O) groups excluding carboxylic acids is 1. The Labute approximate surface area is 155 Å². The Balaban J connectivity index is 1.63. The standard InChI is InChI=1S/C18H27N3O4S/c1-15-14-20(10-11-25-15)18(22)13-19-16-6-5-7-17(12-16)26(23,24)21-8-3-2-4-9-21/h5-7,12,15,19H,2-4,8-11,13-14H2,1H3. The number of hydrogen-bond donors (Lipinski definition) is 1. The number of piperidine rings is 1. The van der Waals surface area contributed by atoms with Crippen molar-refractivity contribution in [3.05, 3.63) is 24.3 Å². The summed E-state index contributed by atoms with van der Waals surface area (Å²) in [5, 5.41) is 3.06. The van der Waals surface area contributed by atoms with Gasteiger partial charge in [0.05, 0.1) is 24.2 Å². The SMILES string of the molecule is CC1CN(C(=O)CNc2cccc(S(=O)(=O)N3CCCCC3)c2)CCO1. The topological polar surface area (TPSA) is 79.0 Å². The van der Waals surface area contributed by atoms with Crippen molar-refractivity contribution in [2.45, 2.75) is 37.2 Å². The first-order valence-electron chi connectivity index (χ1n) is 9.20. The summed E-state index contributed by atoms with van der Waals surface area (Å²) in [6.45, 7) is 4.97. The van der Waals surface area contributed by atoms with Gasteiger partial charge in [-0.15, -0.1) is 0 Å². The zero-order valence-corrected chi connectivity index (χ0v) is 16.0. The van der Waals surface area contributed by atoms with E-state index in [0.717, 1.165) is 19.3 Å². The van der Waals surface area contributed by atoms with Gasteiger partial charge in [0.1, 0.15) is 0 Å². The molecule has 1 unspecified atom stereocenters. The van der Waals surface area contributed by atoms with Crippen molar-refractivity contribution in [3.63, 3.8) is 0 Å². The second-order valence-corrected chi connectivity index (χ2v) is 8.81. The third-order valence-electron chi connectivity index (χ3n) is 4.82. The van der Waals surface area contributed by atoms with Gasteiger partial charge in [-0.1, -0.05) is 12.5 Å². The summed E-state index contributed by atoms with van der Waals surface area (Å²) in [5.74, 6) is -0.00978. The van der Waals surface area contributed by atoms with Crippen molar-refractivity contribution in [1.82, 2.24) is 9.21 Å². The van der Waals surface area contributed by atoms with Crippen LogP contribution in [-0.2, 0) is 19.6 Å². The Bertz CT molecular complexity index is 732. The fourth-order valence-electron chi connectivity index (χ4n) is 3.36. The van der Waals surface area contributed by atoms with Gasteiger partial charge in [0.2, 0.25) is 15.9 Å². The molecule has 0 aliphatic carbocycles. The maximum Gasteiger partial charge on any atom is 0.243 e. The lowest BCUT2D eigenvalue weighted by molar-refractivity contribution is -0.136. The van der Waals surface area contributed by atoms with Crippen LogP contribution in [-0.4, -0.2) is 69.0 Å². The second kappa shape index (κ2) is 8.37. The summed E-state index contributed by atoms with van der Waals surface area (Å²) < 4.78 is 32.5. The van der Waals surface area contributed by atoms with E-state index in [4.69, 9.17) is 4.74 Å². The Morgan fingerprint density at radius 3 is 2.73 bits per heavy atom. The van der Waals surface area contributed by atoms with E-state index in [-0.39, 0.29) is 23.5 Å². The van der Waals surface area contributed by atoms with Crippen molar-refractivity contribution in [2.75, 3.05) is 44.6 Å². The highest BCUT2D eigenvalue weighted by atomic mass is 32.2. The summed E-state index contributed by atoms with van der Waals surface area (Å²) in [4.78, 5) is 14.4. The van der Waals surface area contributed by atoms with Crippen molar-refractivity contribution >= 4 is 21.6 Å². The molecule has 1 aromatic carbocycles. The number of hydrogen-bond acceptors (Lipinski definition) is 5. The van der Waals surface area contributed by atoms with Gasteiger partial charge in [-0.25, -0.2) is 8.42 Å². The molecule has 2 saturated heterocycles. The molecule has 2 aliphatic heterocycles. The van der Waals surface area contributed by atoms with Gasteiger partial charge < -0.3 is 15.0 Å². The summed E-state index contributed by atoms with van der Waals surface area (Å²) in [6.07, 6.45) is 2.94. The molecule has 8 heteroatoms. The van der Waals surface area contributed by atoms with Crippen LogP contribution in [0.15, 0.2) is 29.2 Å². The quantitative estimate of drug-likeness (QED) is 0.837. The maximum atomic E-state index is 12.8. The fraction of sp³-hybridized carbons (Fsp3) is 0.611. The molecule has 7 nitrogen and oxygen atoms in total. The molecule has 1 N–H and O–H groups in total. The first-order chi connectivity index (χ1) is 12.5. The number of anilines is 1. The third-order valence-corrected chi connectivity index (χ3v) is 6.72. The van der Waals surface area contributed by atoms with Crippen molar-refractivity contribution in [2.24, 2.45) is 0 Å². The number of benzene rings is 1. The number of carbonyl (C=O) groups is 1. The maximum absolute atomic E-state index is 12.8. The Morgan fingerprint density at radius 1 is 1.23 bits per heavy atom. The number of sulfonamides is 1. The molecule has 0 bridgehead atoms. The van der Waals surface area contributed by atoms with E-state index in [0.29, 0.717) is 38.5 Å². The molecule has 26 heavy (non-hydrogen) atoms. The zero-order valence-electron chi connectivity index (χ0n) is 15.2. The summed E-state index contributed by atoms with van der Waals surface area (Å²) in [7, 11) is -3.47. The Kier molecular flexibility index (Phi) is 6.16. The van der Waals surface area contributed by atoms with Gasteiger partial charge in [-0.3, -0.25) is 4.79 Å². The fourth-order valence-corrected chi connectivity index (χ4v) is 4.92. The van der Waals surface area contributed by atoms with Crippen LogP contribution in [0, 0.1) is 0 Å². The first-order valence-corrected chi connectivity index (χ1v) is 10.6. The molecule has 0 radical (unpaired) electrons. The van der Waals surface area contributed by atoms with E-state index in [1.807, 2.05) is 6.92 Å². The minimum Gasteiger partial charge on any atom is -0.376 e. The molecule has 0 spiro atoms. The normalized spacial score (nSPS) is 22.2. The molecule has 2 fully saturated rings. The molecule has 3 rings (SSSR count). The molecule has 2 aliphatic rings. The van der Waals surface area contributed by atoms with Crippen LogP contribution in [0.5, 0.6) is 0 Å². The Morgan fingerprint density at radius 2 is 2.00 bits per heavy atom. The predicted octanol–water partition coefficient (Wildman–Crippen LogP) is 1.52. The molecule has 0 saturated carbocycles. The van der Waals surface area contributed by atoms with Gasteiger partial charge in [0, 0.05) is 31.9 Å². The summed E-state index contributed by atoms with van der Waals surface area (Å²) in [5.41, 5.74) is 0.637. The molecule has 1 atom stereocenters. The smallest absolute Gasteiger partial charge is 0.243 e. The van der Waals surface area contributed by atoms with Crippen LogP contribution in [0.25, 0.3) is 0 Å². The van der Waals surface area contributed by atoms with Gasteiger partial charge >= 0.3 is 0 Å². The van der Waals surface area contributed by atoms with E-state index in [1.165, 1.54) is 0 Å². The van der Waals surface area contributed by atoms with Crippen molar-refractivity contribution in [3.8, 4) is 0 Å². The van der Waals surface area contributed by atoms with Crippen molar-refractivity contribution in [1.29, 1.82) is 0 Å². The van der Waals surface area contributed by atoms with Crippen molar-refractivity contribution < 1.29 is 17.9 Å². The van der Waals surface area contributed by atoms with Crippen LogP contribution in [0.4, 0.5) is 5.69 Å². The lowest BCUT2D eigenvalue weighted by Gasteiger charge is -2.31.